The van der Waals surface area contributed by atoms with E-state index in [1.54, 1.807) is 31.2 Å². The van der Waals surface area contributed by atoms with Gasteiger partial charge in [0, 0.05) is 7.11 Å². The molecule has 19 heavy (non-hydrogen) atoms. The summed E-state index contributed by atoms with van der Waals surface area (Å²) in [6.45, 7) is 3.67. The molecule has 2 unspecified atom stereocenters. The highest BCUT2D eigenvalue weighted by Gasteiger charge is 2.18. The average Bonchev–Trinajstić information content (AvgIpc) is 2.36. The molecule has 1 aromatic carbocycles. The predicted octanol–water partition coefficient (Wildman–Crippen LogP) is 2.41. The molecule has 3 nitrogen and oxygen atoms in total. The lowest BCUT2D eigenvalue weighted by atomic mass is 10.2. The van der Waals surface area contributed by atoms with Crippen molar-refractivity contribution in [3.63, 3.8) is 0 Å². The van der Waals surface area contributed by atoms with Gasteiger partial charge in [0.25, 0.3) is 0 Å². The van der Waals surface area contributed by atoms with Crippen molar-refractivity contribution < 1.29 is 13.2 Å². The average molecular weight is 301 g/mol. The molecule has 5 heteroatoms. The molecule has 0 radical (unpaired) electrons. The minimum atomic E-state index is -3.41. The van der Waals surface area contributed by atoms with E-state index < -0.39 is 15.2 Å². The highest BCUT2D eigenvalue weighted by molar-refractivity contribution is 7.91. The second-order valence-corrected chi connectivity index (χ2v) is 6.79. The van der Waals surface area contributed by atoms with E-state index in [1.807, 2.05) is 6.92 Å². The number of halogens is 1. The summed E-state index contributed by atoms with van der Waals surface area (Å²) in [5, 5.41) is -0.746. The highest BCUT2D eigenvalue weighted by atomic mass is 35.5. The molecule has 104 valence electrons. The molecule has 0 heterocycles. The molecule has 0 bridgehead atoms. The maximum atomic E-state index is 12.1. The molecular formula is C14H17ClO3S. The Bertz CT molecular complexity index is 567. The third kappa shape index (κ3) is 5.23. The number of rotatable bonds is 4. The number of alkyl halides is 1. The molecule has 1 rings (SSSR count). The van der Waals surface area contributed by atoms with Crippen LogP contribution in [0.2, 0.25) is 0 Å². The van der Waals surface area contributed by atoms with E-state index in [9.17, 15) is 8.42 Å². The van der Waals surface area contributed by atoms with Gasteiger partial charge >= 0.3 is 0 Å². The number of sulfone groups is 1. The Morgan fingerprint density at radius 2 is 1.84 bits per heavy atom. The van der Waals surface area contributed by atoms with Gasteiger partial charge in [0.05, 0.1) is 10.6 Å². The Morgan fingerprint density at radius 3 is 2.37 bits per heavy atom. The Hall–Kier alpha value is -1.02. The van der Waals surface area contributed by atoms with Gasteiger partial charge in [0.2, 0.25) is 0 Å². The third-order valence-corrected chi connectivity index (χ3v) is 4.75. The van der Waals surface area contributed by atoms with Crippen LogP contribution in [0.25, 0.3) is 0 Å². The lowest BCUT2D eigenvalue weighted by molar-refractivity contribution is 0.163. The van der Waals surface area contributed by atoms with E-state index >= 15 is 0 Å². The summed E-state index contributed by atoms with van der Waals surface area (Å²) in [4.78, 5) is 0.269. The van der Waals surface area contributed by atoms with Crippen LogP contribution >= 0.6 is 11.6 Å². The van der Waals surface area contributed by atoms with Gasteiger partial charge in [-0.3, -0.25) is 0 Å². The number of benzene rings is 1. The maximum Gasteiger partial charge on any atom is 0.180 e. The highest BCUT2D eigenvalue weighted by Crippen LogP contribution is 2.14. The number of methoxy groups -OCH3 is 1. The lowest BCUT2D eigenvalue weighted by Crippen LogP contribution is -2.15. The van der Waals surface area contributed by atoms with Crippen LogP contribution in [0.3, 0.4) is 0 Å². The summed E-state index contributed by atoms with van der Waals surface area (Å²) < 4.78 is 29.1. The van der Waals surface area contributed by atoms with Crippen molar-refractivity contribution in [1.82, 2.24) is 0 Å². The van der Waals surface area contributed by atoms with Gasteiger partial charge < -0.3 is 4.74 Å². The molecule has 0 aliphatic heterocycles. The lowest BCUT2D eigenvalue weighted by Gasteiger charge is -2.06. The Kier molecular flexibility index (Phi) is 5.86. The van der Waals surface area contributed by atoms with Crippen molar-refractivity contribution in [2.75, 3.05) is 12.9 Å². The molecule has 0 aromatic heterocycles. The minimum Gasteiger partial charge on any atom is -0.369 e. The largest absolute Gasteiger partial charge is 0.369 e. The molecule has 0 N–H and O–H groups in total. The van der Waals surface area contributed by atoms with E-state index in [4.69, 9.17) is 16.3 Å². The van der Waals surface area contributed by atoms with Crippen molar-refractivity contribution in [2.24, 2.45) is 0 Å². The summed E-state index contributed by atoms with van der Waals surface area (Å²) >= 11 is 5.94. The summed E-state index contributed by atoms with van der Waals surface area (Å²) in [6.07, 6.45) is -0.261. The molecule has 0 amide bonds. The zero-order valence-corrected chi connectivity index (χ0v) is 12.8. The Labute approximate surface area is 119 Å². The summed E-state index contributed by atoms with van der Waals surface area (Å²) in [6, 6.07) is 6.68. The van der Waals surface area contributed by atoms with Gasteiger partial charge in [-0.15, -0.1) is 11.6 Å². The maximum absolute atomic E-state index is 12.1. The minimum absolute atomic E-state index is 0.207. The zero-order chi connectivity index (χ0) is 14.5. The number of aryl methyl sites for hydroxylation is 1. The van der Waals surface area contributed by atoms with Gasteiger partial charge in [-0.05, 0) is 26.0 Å². The van der Waals surface area contributed by atoms with E-state index in [-0.39, 0.29) is 16.8 Å². The summed E-state index contributed by atoms with van der Waals surface area (Å²) in [5.41, 5.74) is 1.01. The zero-order valence-electron chi connectivity index (χ0n) is 11.2. The first-order valence-corrected chi connectivity index (χ1v) is 7.91. The second-order valence-electron chi connectivity index (χ2n) is 4.23. The molecule has 0 fully saturated rings. The van der Waals surface area contributed by atoms with Crippen LogP contribution < -0.4 is 0 Å². The van der Waals surface area contributed by atoms with Crippen molar-refractivity contribution in [3.05, 3.63) is 29.8 Å². The summed E-state index contributed by atoms with van der Waals surface area (Å²) in [7, 11) is -1.87. The second kappa shape index (κ2) is 6.95. The van der Waals surface area contributed by atoms with Crippen molar-refractivity contribution in [3.8, 4) is 11.8 Å². The van der Waals surface area contributed by atoms with Crippen LogP contribution in [0.15, 0.2) is 29.2 Å². The van der Waals surface area contributed by atoms with E-state index in [0.29, 0.717) is 0 Å². The first kappa shape index (κ1) is 16.0. The molecule has 2 atom stereocenters. The first-order chi connectivity index (χ1) is 8.85. The fourth-order valence-electron chi connectivity index (χ4n) is 1.34. The van der Waals surface area contributed by atoms with Crippen molar-refractivity contribution in [2.45, 2.75) is 30.2 Å². The Balaban J connectivity index is 2.79. The fraction of sp³-hybridized carbons (Fsp3) is 0.429. The standard InChI is InChI=1S/C14H17ClO3S/c1-11-4-8-14(9-5-11)19(16,17)10-13(15)7-6-12(2)18-3/h4-5,8-9,12-13H,10H2,1-3H3. The number of ether oxygens (including phenoxy) is 1. The van der Waals surface area contributed by atoms with Gasteiger partial charge in [-0.1, -0.05) is 29.5 Å². The Morgan fingerprint density at radius 1 is 1.26 bits per heavy atom. The number of hydrogen-bond donors (Lipinski definition) is 0. The molecule has 0 saturated heterocycles. The third-order valence-electron chi connectivity index (χ3n) is 2.54. The normalized spacial score (nSPS) is 14.3. The molecule has 0 aliphatic rings. The van der Waals surface area contributed by atoms with Crippen molar-refractivity contribution in [1.29, 1.82) is 0 Å². The molecule has 0 saturated carbocycles. The van der Waals surface area contributed by atoms with Crippen LogP contribution in [-0.2, 0) is 14.6 Å². The quantitative estimate of drug-likeness (QED) is 0.633. The predicted molar refractivity (Wildman–Crippen MR) is 77.1 cm³/mol. The van der Waals surface area contributed by atoms with Crippen LogP contribution in [-0.4, -0.2) is 32.8 Å². The van der Waals surface area contributed by atoms with Gasteiger partial charge in [0.1, 0.15) is 11.5 Å². The molecule has 0 aliphatic carbocycles. The first-order valence-electron chi connectivity index (χ1n) is 5.82. The van der Waals surface area contributed by atoms with Crippen molar-refractivity contribution >= 4 is 21.4 Å². The monoisotopic (exact) mass is 300 g/mol. The van der Waals surface area contributed by atoms with Gasteiger partial charge in [-0.2, -0.15) is 0 Å². The van der Waals surface area contributed by atoms with Crippen LogP contribution in [0.5, 0.6) is 0 Å². The molecular weight excluding hydrogens is 284 g/mol. The van der Waals surface area contributed by atoms with E-state index in [0.717, 1.165) is 5.56 Å². The van der Waals surface area contributed by atoms with Crippen LogP contribution in [0, 0.1) is 18.8 Å². The van der Waals surface area contributed by atoms with E-state index in [1.165, 1.54) is 7.11 Å². The fourth-order valence-corrected chi connectivity index (χ4v) is 3.12. The molecule has 0 spiro atoms. The van der Waals surface area contributed by atoms with E-state index in [2.05, 4.69) is 11.8 Å². The smallest absolute Gasteiger partial charge is 0.180 e. The van der Waals surface area contributed by atoms with Gasteiger partial charge in [-0.25, -0.2) is 8.42 Å². The SMILES string of the molecule is COC(C)C#CC(Cl)CS(=O)(=O)c1ccc(C)cc1. The number of hydrogen-bond acceptors (Lipinski definition) is 3. The summed E-state index contributed by atoms with van der Waals surface area (Å²) in [5.74, 6) is 5.22. The van der Waals surface area contributed by atoms with Crippen LogP contribution in [0.1, 0.15) is 12.5 Å². The molecule has 1 aromatic rings. The topological polar surface area (TPSA) is 43.4 Å². The van der Waals surface area contributed by atoms with Gasteiger partial charge in [0.15, 0.2) is 9.84 Å². The van der Waals surface area contributed by atoms with Crippen LogP contribution in [0.4, 0.5) is 0 Å².